The number of hydrogen-bond acceptors (Lipinski definition) is 3. The van der Waals surface area contributed by atoms with Gasteiger partial charge in [0.25, 0.3) is 5.91 Å². The second-order valence-corrected chi connectivity index (χ2v) is 7.68. The quantitative estimate of drug-likeness (QED) is 0.632. The minimum Gasteiger partial charge on any atom is -0.483 e. The van der Waals surface area contributed by atoms with Crippen molar-refractivity contribution in [1.82, 2.24) is 5.32 Å². The predicted octanol–water partition coefficient (Wildman–Crippen LogP) is 4.35. The highest BCUT2D eigenvalue weighted by molar-refractivity contribution is 9.10. The molecule has 0 atom stereocenters. The summed E-state index contributed by atoms with van der Waals surface area (Å²) in [4.78, 5) is 14.5. The summed E-state index contributed by atoms with van der Waals surface area (Å²) in [5, 5.41) is 2.95. The maximum absolute atomic E-state index is 12.0. The van der Waals surface area contributed by atoms with Gasteiger partial charge in [0.05, 0.1) is 4.47 Å². The van der Waals surface area contributed by atoms with Gasteiger partial charge in [0, 0.05) is 25.3 Å². The third kappa shape index (κ3) is 5.48. The van der Waals surface area contributed by atoms with Crippen molar-refractivity contribution >= 4 is 27.5 Å². The van der Waals surface area contributed by atoms with Crippen LogP contribution in [0.4, 0.5) is 5.69 Å². The van der Waals surface area contributed by atoms with Gasteiger partial charge >= 0.3 is 0 Å². The number of ether oxygens (including phenoxy) is 1. The van der Waals surface area contributed by atoms with Gasteiger partial charge in [0.1, 0.15) is 5.75 Å². The van der Waals surface area contributed by atoms with Gasteiger partial charge < -0.3 is 15.0 Å². The van der Waals surface area contributed by atoms with Crippen LogP contribution in [0.5, 0.6) is 5.75 Å². The van der Waals surface area contributed by atoms with Gasteiger partial charge in [-0.1, -0.05) is 31.2 Å². The van der Waals surface area contributed by atoms with E-state index in [9.17, 15) is 4.79 Å². The van der Waals surface area contributed by atoms with E-state index < -0.39 is 0 Å². The molecule has 1 amide bonds. The first kappa shape index (κ1) is 19.7. The Hall–Kier alpha value is -2.01. The van der Waals surface area contributed by atoms with Crippen LogP contribution in [0.2, 0.25) is 0 Å². The summed E-state index contributed by atoms with van der Waals surface area (Å²) in [6, 6.07) is 14.6. The number of aryl methyl sites for hydroxylation is 2. The lowest BCUT2D eigenvalue weighted by Gasteiger charge is -2.31. The summed E-state index contributed by atoms with van der Waals surface area (Å²) < 4.78 is 6.51. The van der Waals surface area contributed by atoms with Crippen LogP contribution in [-0.4, -0.2) is 32.1 Å². The summed E-state index contributed by atoms with van der Waals surface area (Å²) >= 11 is 3.50. The number of fused-ring (bicyclic) bond motifs is 1. The monoisotopic (exact) mass is 430 g/mol. The molecule has 1 aliphatic heterocycles. The molecular formula is C22H27BrN2O2. The first-order chi connectivity index (χ1) is 13.2. The lowest BCUT2D eigenvalue weighted by molar-refractivity contribution is -0.123. The third-order valence-corrected chi connectivity index (χ3v) is 5.52. The SMILES string of the molecule is CCc1ccc(OCC(=O)NCCCN2CCCc3ccccc32)c(Br)c1. The third-order valence-electron chi connectivity index (χ3n) is 4.90. The standard InChI is InChI=1S/C22H27BrN2O2/c1-2-17-10-11-21(19(23)15-17)27-16-22(26)24-12-6-14-25-13-5-8-18-7-3-4-9-20(18)25/h3-4,7,9-11,15H,2,5-6,8,12-14,16H2,1H3,(H,24,26). The number of para-hydroxylation sites is 1. The van der Waals surface area contributed by atoms with Crippen LogP contribution < -0.4 is 15.0 Å². The molecule has 2 aromatic carbocycles. The molecular weight excluding hydrogens is 404 g/mol. The van der Waals surface area contributed by atoms with Crippen LogP contribution in [-0.2, 0) is 17.6 Å². The summed E-state index contributed by atoms with van der Waals surface area (Å²) in [6.07, 6.45) is 4.26. The Bertz CT molecular complexity index is 779. The molecule has 0 radical (unpaired) electrons. The van der Waals surface area contributed by atoms with E-state index in [4.69, 9.17) is 4.74 Å². The number of benzene rings is 2. The Morgan fingerprint density at radius 1 is 1.26 bits per heavy atom. The van der Waals surface area contributed by atoms with Crippen molar-refractivity contribution in [3.63, 3.8) is 0 Å². The zero-order chi connectivity index (χ0) is 19.1. The molecule has 0 unspecified atom stereocenters. The van der Waals surface area contributed by atoms with Gasteiger partial charge in [-0.2, -0.15) is 0 Å². The fourth-order valence-electron chi connectivity index (χ4n) is 3.42. The molecule has 0 bridgehead atoms. The molecule has 4 nitrogen and oxygen atoms in total. The summed E-state index contributed by atoms with van der Waals surface area (Å²) in [5.41, 5.74) is 4.01. The molecule has 0 saturated heterocycles. The number of hydrogen-bond donors (Lipinski definition) is 1. The van der Waals surface area contributed by atoms with Crippen LogP contribution >= 0.6 is 15.9 Å². The Morgan fingerprint density at radius 3 is 2.93 bits per heavy atom. The van der Waals surface area contributed by atoms with Crippen LogP contribution in [0.3, 0.4) is 0 Å². The summed E-state index contributed by atoms with van der Waals surface area (Å²) in [5.74, 6) is 0.618. The lowest BCUT2D eigenvalue weighted by atomic mass is 10.0. The van der Waals surface area contributed by atoms with E-state index in [1.165, 1.54) is 23.2 Å². The largest absolute Gasteiger partial charge is 0.483 e. The highest BCUT2D eigenvalue weighted by Crippen LogP contribution is 2.27. The fraction of sp³-hybridized carbons (Fsp3) is 0.409. The van der Waals surface area contributed by atoms with E-state index >= 15 is 0 Å². The van der Waals surface area contributed by atoms with Crippen molar-refractivity contribution in [1.29, 1.82) is 0 Å². The maximum atomic E-state index is 12.0. The number of anilines is 1. The van der Waals surface area contributed by atoms with Gasteiger partial charge in [-0.3, -0.25) is 4.79 Å². The summed E-state index contributed by atoms with van der Waals surface area (Å²) in [7, 11) is 0. The Kier molecular flexibility index (Phi) is 7.16. The number of halogens is 1. The first-order valence-corrected chi connectivity index (χ1v) is 10.5. The average molecular weight is 431 g/mol. The first-order valence-electron chi connectivity index (χ1n) is 9.68. The molecule has 27 heavy (non-hydrogen) atoms. The molecule has 2 aromatic rings. The van der Waals surface area contributed by atoms with Gasteiger partial charge in [0.2, 0.25) is 0 Å². The van der Waals surface area contributed by atoms with Crippen molar-refractivity contribution < 1.29 is 9.53 Å². The van der Waals surface area contributed by atoms with E-state index in [-0.39, 0.29) is 12.5 Å². The molecule has 0 saturated carbocycles. The molecule has 1 aliphatic rings. The van der Waals surface area contributed by atoms with E-state index in [0.29, 0.717) is 12.3 Å². The Balaban J connectivity index is 1.38. The van der Waals surface area contributed by atoms with Crippen molar-refractivity contribution in [3.8, 4) is 5.75 Å². The van der Waals surface area contributed by atoms with Crippen molar-refractivity contribution in [2.45, 2.75) is 32.6 Å². The van der Waals surface area contributed by atoms with Crippen LogP contribution in [0.1, 0.15) is 30.9 Å². The number of carbonyl (C=O) groups excluding carboxylic acids is 1. The number of amides is 1. The highest BCUT2D eigenvalue weighted by atomic mass is 79.9. The zero-order valence-corrected chi connectivity index (χ0v) is 17.4. The second-order valence-electron chi connectivity index (χ2n) is 6.83. The molecule has 5 heteroatoms. The molecule has 1 heterocycles. The van der Waals surface area contributed by atoms with Crippen LogP contribution in [0.15, 0.2) is 46.9 Å². The van der Waals surface area contributed by atoms with Gasteiger partial charge in [0.15, 0.2) is 6.61 Å². The molecule has 0 aliphatic carbocycles. The summed E-state index contributed by atoms with van der Waals surface area (Å²) in [6.45, 7) is 4.86. The van der Waals surface area contributed by atoms with Gasteiger partial charge in [-0.05, 0) is 70.9 Å². The molecule has 0 spiro atoms. The van der Waals surface area contributed by atoms with E-state index in [1.807, 2.05) is 18.2 Å². The zero-order valence-electron chi connectivity index (χ0n) is 15.8. The van der Waals surface area contributed by atoms with E-state index in [1.54, 1.807) is 0 Å². The second kappa shape index (κ2) is 9.79. The van der Waals surface area contributed by atoms with Crippen molar-refractivity contribution in [3.05, 3.63) is 58.1 Å². The number of nitrogens with one attached hydrogen (secondary N) is 1. The molecule has 1 N–H and O–H groups in total. The van der Waals surface area contributed by atoms with E-state index in [2.05, 4.69) is 57.3 Å². The van der Waals surface area contributed by atoms with Gasteiger partial charge in [-0.15, -0.1) is 0 Å². The fourth-order valence-corrected chi connectivity index (χ4v) is 3.96. The van der Waals surface area contributed by atoms with Crippen LogP contribution in [0, 0.1) is 0 Å². The lowest BCUT2D eigenvalue weighted by Crippen LogP contribution is -2.34. The molecule has 0 fully saturated rings. The molecule has 0 aromatic heterocycles. The highest BCUT2D eigenvalue weighted by Gasteiger charge is 2.15. The molecule has 144 valence electrons. The van der Waals surface area contributed by atoms with E-state index in [0.717, 1.165) is 36.8 Å². The normalized spacial score (nSPS) is 13.2. The average Bonchev–Trinajstić information content (AvgIpc) is 2.70. The minimum absolute atomic E-state index is 0.0383. The minimum atomic E-state index is -0.0829. The smallest absolute Gasteiger partial charge is 0.257 e. The topological polar surface area (TPSA) is 41.6 Å². The Morgan fingerprint density at radius 2 is 2.11 bits per heavy atom. The molecule has 3 rings (SSSR count). The number of nitrogens with zero attached hydrogens (tertiary/aromatic N) is 1. The Labute approximate surface area is 170 Å². The predicted molar refractivity (Wildman–Crippen MR) is 114 cm³/mol. The van der Waals surface area contributed by atoms with Crippen molar-refractivity contribution in [2.24, 2.45) is 0 Å². The van der Waals surface area contributed by atoms with Crippen molar-refractivity contribution in [2.75, 3.05) is 31.1 Å². The number of rotatable bonds is 8. The van der Waals surface area contributed by atoms with Crippen LogP contribution in [0.25, 0.3) is 0 Å². The number of carbonyl (C=O) groups is 1. The van der Waals surface area contributed by atoms with Gasteiger partial charge in [-0.25, -0.2) is 0 Å². The maximum Gasteiger partial charge on any atom is 0.257 e.